The number of oxime groups is 1. The number of carbonyl (C=O) groups excluding carboxylic acids is 3. The molecule has 0 amide bonds. The van der Waals surface area contributed by atoms with Crippen LogP contribution in [0, 0.1) is 0 Å². The zero-order valence-electron chi connectivity index (χ0n) is 25.9. The molecule has 0 fully saturated rings. The van der Waals surface area contributed by atoms with Crippen LogP contribution in [-0.4, -0.2) is 61.3 Å². The van der Waals surface area contributed by atoms with Gasteiger partial charge in [-0.15, -0.1) is 0 Å². The van der Waals surface area contributed by atoms with Gasteiger partial charge in [0.25, 0.3) is 0 Å². The number of aliphatic hydroxyl groups is 1. The van der Waals surface area contributed by atoms with Crippen LogP contribution >= 0.6 is 0 Å². The van der Waals surface area contributed by atoms with Crippen molar-refractivity contribution in [1.82, 2.24) is 0 Å². The Bertz CT molecular complexity index is 2140. The monoisotopic (exact) mass is 641 g/mol. The van der Waals surface area contributed by atoms with Crippen molar-refractivity contribution in [3.63, 3.8) is 0 Å². The quantitative estimate of drug-likeness (QED) is 0.0714. The normalized spacial score (nSPS) is 13.2. The van der Waals surface area contributed by atoms with E-state index in [4.69, 9.17) is 19.0 Å². The third kappa shape index (κ3) is 7.32. The van der Waals surface area contributed by atoms with Gasteiger partial charge in [-0.1, -0.05) is 96.2 Å². The lowest BCUT2D eigenvalue weighted by Crippen LogP contribution is -2.46. The van der Waals surface area contributed by atoms with Gasteiger partial charge in [0.2, 0.25) is 0 Å². The number of benzene rings is 6. The highest BCUT2D eigenvalue weighted by atomic mass is 16.6. The predicted octanol–water partition coefficient (Wildman–Crippen LogP) is 6.75. The minimum atomic E-state index is -1.64. The van der Waals surface area contributed by atoms with E-state index < -0.39 is 42.8 Å². The molecule has 0 aliphatic carbocycles. The maximum Gasteiger partial charge on any atom is 0.338 e. The lowest BCUT2D eigenvalue weighted by molar-refractivity contribution is -0.0784. The van der Waals surface area contributed by atoms with Crippen molar-refractivity contribution in [3.05, 3.63) is 144 Å². The highest BCUT2D eigenvalue weighted by Gasteiger charge is 2.36. The molecule has 9 heteroatoms. The first-order chi connectivity index (χ1) is 23.4. The van der Waals surface area contributed by atoms with Crippen molar-refractivity contribution in [3.8, 4) is 0 Å². The fourth-order valence-corrected chi connectivity index (χ4v) is 5.34. The molecule has 0 bridgehead atoms. The van der Waals surface area contributed by atoms with Crippen LogP contribution in [0.4, 0.5) is 0 Å². The Labute approximate surface area is 275 Å². The number of nitrogens with zero attached hydrogens (tertiary/aromatic N) is 1. The van der Waals surface area contributed by atoms with E-state index >= 15 is 0 Å². The number of rotatable bonds is 11. The second kappa shape index (κ2) is 14.6. The zero-order valence-corrected chi connectivity index (χ0v) is 25.9. The molecule has 3 unspecified atom stereocenters. The fourth-order valence-electron chi connectivity index (χ4n) is 5.34. The maximum atomic E-state index is 13.5. The summed E-state index contributed by atoms with van der Waals surface area (Å²) in [6, 6.07) is 37.7. The zero-order chi connectivity index (χ0) is 33.5. The van der Waals surface area contributed by atoms with Gasteiger partial charge in [-0.25, -0.2) is 14.4 Å². The van der Waals surface area contributed by atoms with Gasteiger partial charge >= 0.3 is 17.9 Å². The van der Waals surface area contributed by atoms with Crippen molar-refractivity contribution < 1.29 is 38.5 Å². The van der Waals surface area contributed by atoms with Crippen LogP contribution in [-0.2, 0) is 19.0 Å². The van der Waals surface area contributed by atoms with Crippen LogP contribution in [0.3, 0.4) is 0 Å². The summed E-state index contributed by atoms with van der Waals surface area (Å²) < 4.78 is 17.0. The summed E-state index contributed by atoms with van der Waals surface area (Å²) in [6.45, 7) is -0.591. The van der Waals surface area contributed by atoms with Crippen LogP contribution in [0.5, 0.6) is 0 Å². The average molecular weight is 642 g/mol. The van der Waals surface area contributed by atoms with E-state index in [0.717, 1.165) is 38.5 Å². The van der Waals surface area contributed by atoms with Crippen LogP contribution in [0.2, 0.25) is 0 Å². The molecule has 0 radical (unpaired) electrons. The van der Waals surface area contributed by atoms with E-state index in [1.807, 2.05) is 72.8 Å². The Morgan fingerprint density at radius 2 is 1.02 bits per heavy atom. The molecule has 0 heterocycles. The second-order valence-corrected chi connectivity index (χ2v) is 11.0. The van der Waals surface area contributed by atoms with Crippen molar-refractivity contribution in [2.45, 2.75) is 18.3 Å². The van der Waals surface area contributed by atoms with Crippen LogP contribution in [0.25, 0.3) is 32.3 Å². The SMILES string of the molecule is CON=CC(OC(=O)c1ccc2ccccc2c1)C(OC(=O)c1ccc2ccccc2c1)C(O)COC(=O)c1ccc2ccccc2c1. The molecule has 48 heavy (non-hydrogen) atoms. The summed E-state index contributed by atoms with van der Waals surface area (Å²) in [7, 11) is 1.29. The smallest absolute Gasteiger partial charge is 0.338 e. The van der Waals surface area contributed by atoms with Gasteiger partial charge in [-0.2, -0.15) is 0 Å². The predicted molar refractivity (Wildman–Crippen MR) is 182 cm³/mol. The third-order valence-electron chi connectivity index (χ3n) is 7.84. The van der Waals surface area contributed by atoms with Crippen LogP contribution in [0.1, 0.15) is 31.1 Å². The molecule has 240 valence electrons. The second-order valence-electron chi connectivity index (χ2n) is 11.0. The summed E-state index contributed by atoms with van der Waals surface area (Å²) in [4.78, 5) is 44.8. The Hall–Kier alpha value is -6.06. The Kier molecular flexibility index (Phi) is 9.69. The molecule has 6 aromatic rings. The molecule has 0 spiro atoms. The molecule has 0 saturated carbocycles. The summed E-state index contributed by atoms with van der Waals surface area (Å²) in [5.41, 5.74) is 0.689. The van der Waals surface area contributed by atoms with E-state index in [9.17, 15) is 19.5 Å². The van der Waals surface area contributed by atoms with E-state index in [1.165, 1.54) is 7.11 Å². The first-order valence-electron chi connectivity index (χ1n) is 15.2. The fraction of sp³-hybridized carbons (Fsp3) is 0.128. The molecule has 9 nitrogen and oxygen atoms in total. The van der Waals surface area contributed by atoms with Crippen LogP contribution in [0.15, 0.2) is 133 Å². The summed E-state index contributed by atoms with van der Waals surface area (Å²) in [5.74, 6) is -2.27. The average Bonchev–Trinajstić information content (AvgIpc) is 3.13. The molecule has 0 saturated heterocycles. The first kappa shape index (κ1) is 31.9. The minimum absolute atomic E-state index is 0.197. The third-order valence-corrected chi connectivity index (χ3v) is 7.84. The van der Waals surface area contributed by atoms with Gasteiger partial charge in [0, 0.05) is 0 Å². The van der Waals surface area contributed by atoms with Crippen molar-refractivity contribution >= 4 is 56.4 Å². The first-order valence-corrected chi connectivity index (χ1v) is 15.2. The standard InChI is InChI=1S/C39H31NO8/c1-45-40-23-35(47-38(43)32-18-15-26-9-3-6-12-29(26)21-32)36(48-39(44)33-19-16-27-10-4-7-13-30(27)22-33)34(41)24-46-37(42)31-17-14-25-8-2-5-11-28(25)20-31/h2-23,34-36,41H,24H2,1H3. The number of carbonyl (C=O) groups is 3. The minimum Gasteiger partial charge on any atom is -0.459 e. The number of aliphatic hydroxyl groups excluding tert-OH is 1. The molecular weight excluding hydrogens is 610 g/mol. The van der Waals surface area contributed by atoms with E-state index in [2.05, 4.69) is 5.16 Å². The van der Waals surface area contributed by atoms with Gasteiger partial charge in [0.05, 0.1) is 22.9 Å². The van der Waals surface area contributed by atoms with Gasteiger partial charge in [-0.05, 0) is 68.7 Å². The molecule has 6 rings (SSSR count). The molecule has 3 atom stereocenters. The molecule has 6 aromatic carbocycles. The molecule has 0 aliphatic rings. The number of fused-ring (bicyclic) bond motifs is 3. The summed E-state index contributed by atoms with van der Waals surface area (Å²) in [5, 5.41) is 20.4. The summed E-state index contributed by atoms with van der Waals surface area (Å²) in [6.07, 6.45) is -3.54. The molecule has 1 N–H and O–H groups in total. The highest BCUT2D eigenvalue weighted by molar-refractivity contribution is 5.98. The molecular formula is C39H31NO8. The van der Waals surface area contributed by atoms with Gasteiger partial charge in [-0.3, -0.25) is 0 Å². The number of hydrogen-bond donors (Lipinski definition) is 1. The molecule has 0 aromatic heterocycles. The largest absolute Gasteiger partial charge is 0.459 e. The topological polar surface area (TPSA) is 121 Å². The number of ether oxygens (including phenoxy) is 3. The van der Waals surface area contributed by atoms with E-state index in [-0.39, 0.29) is 16.7 Å². The van der Waals surface area contributed by atoms with Crippen molar-refractivity contribution in [2.24, 2.45) is 5.16 Å². The highest BCUT2D eigenvalue weighted by Crippen LogP contribution is 2.22. The Balaban J connectivity index is 1.27. The van der Waals surface area contributed by atoms with Gasteiger partial charge in [0.15, 0.2) is 12.2 Å². The number of esters is 3. The lowest BCUT2D eigenvalue weighted by Gasteiger charge is -2.28. The van der Waals surface area contributed by atoms with Gasteiger partial charge in [0.1, 0.15) is 19.8 Å². The van der Waals surface area contributed by atoms with Crippen molar-refractivity contribution in [2.75, 3.05) is 13.7 Å². The van der Waals surface area contributed by atoms with Gasteiger partial charge < -0.3 is 24.2 Å². The number of hydrogen-bond acceptors (Lipinski definition) is 9. The Morgan fingerprint density at radius 1 is 0.604 bits per heavy atom. The van der Waals surface area contributed by atoms with Crippen LogP contribution < -0.4 is 0 Å². The lowest BCUT2D eigenvalue weighted by atomic mass is 10.1. The van der Waals surface area contributed by atoms with E-state index in [1.54, 1.807) is 54.6 Å². The van der Waals surface area contributed by atoms with Crippen molar-refractivity contribution in [1.29, 1.82) is 0 Å². The van der Waals surface area contributed by atoms with E-state index in [0.29, 0.717) is 0 Å². The maximum absolute atomic E-state index is 13.5. The molecule has 0 aliphatic heterocycles. The summed E-state index contributed by atoms with van der Waals surface area (Å²) >= 11 is 0. The Morgan fingerprint density at radius 3 is 1.48 bits per heavy atom.